The number of imide groups is 1. The first-order valence-corrected chi connectivity index (χ1v) is 11.2. The lowest BCUT2D eigenvalue weighted by molar-refractivity contribution is -0.129. The van der Waals surface area contributed by atoms with Crippen LogP contribution in [-0.4, -0.2) is 41.6 Å². The van der Waals surface area contributed by atoms with E-state index < -0.39 is 24.0 Å². The molecule has 1 aliphatic heterocycles. The van der Waals surface area contributed by atoms with Crippen LogP contribution in [0.25, 0.3) is 0 Å². The van der Waals surface area contributed by atoms with Crippen LogP contribution in [-0.2, 0) is 15.3 Å². The van der Waals surface area contributed by atoms with Gasteiger partial charge in [-0.25, -0.2) is 9.59 Å². The minimum absolute atomic E-state index is 0.377. The Bertz CT molecular complexity index is 950. The van der Waals surface area contributed by atoms with E-state index in [2.05, 4.69) is 15.6 Å². The van der Waals surface area contributed by atoms with Crippen LogP contribution in [0.4, 0.5) is 4.79 Å². The maximum Gasteiger partial charge on any atom is 0.339 e. The quantitative estimate of drug-likeness (QED) is 0.665. The number of esters is 1. The third kappa shape index (κ3) is 5.87. The summed E-state index contributed by atoms with van der Waals surface area (Å²) < 4.78 is 6.57. The highest BCUT2D eigenvalue weighted by atomic mass is 32.2. The van der Waals surface area contributed by atoms with Gasteiger partial charge in [-0.05, 0) is 11.6 Å². The number of ether oxygens (including phenoxy) is 1. The van der Waals surface area contributed by atoms with Gasteiger partial charge in [0.1, 0.15) is 4.38 Å². The third-order valence-electron chi connectivity index (χ3n) is 4.18. The molecule has 0 saturated heterocycles. The summed E-state index contributed by atoms with van der Waals surface area (Å²) in [5.74, 6) is 0.188. The van der Waals surface area contributed by atoms with Crippen molar-refractivity contribution < 1.29 is 19.1 Å². The van der Waals surface area contributed by atoms with E-state index in [0.717, 1.165) is 22.2 Å². The molecule has 3 rings (SSSR count). The molecular weight excluding hydrogens is 422 g/mol. The molecule has 0 radical (unpaired) electrons. The van der Waals surface area contributed by atoms with Crippen molar-refractivity contribution in [1.29, 1.82) is 0 Å². The zero-order valence-corrected chi connectivity index (χ0v) is 17.9. The summed E-state index contributed by atoms with van der Waals surface area (Å²) in [7, 11) is 1.40. The summed E-state index contributed by atoms with van der Waals surface area (Å²) in [6.07, 6.45) is -1.26. The maximum atomic E-state index is 13.0. The molecule has 1 aliphatic rings. The predicted octanol–water partition coefficient (Wildman–Crippen LogP) is 3.38. The van der Waals surface area contributed by atoms with E-state index in [1.165, 1.54) is 7.05 Å². The van der Waals surface area contributed by atoms with Gasteiger partial charge >= 0.3 is 12.0 Å². The monoisotopic (exact) mass is 443 g/mol. The number of hydrogen-bond acceptors (Lipinski definition) is 7. The van der Waals surface area contributed by atoms with Crippen molar-refractivity contribution >= 4 is 45.8 Å². The number of nitrogens with zero attached hydrogens (tertiary/aromatic N) is 1. The average molecular weight is 444 g/mol. The number of benzene rings is 2. The number of amides is 3. The topological polar surface area (TPSA) is 96.9 Å². The summed E-state index contributed by atoms with van der Waals surface area (Å²) in [6.45, 7) is 0.815. The van der Waals surface area contributed by atoms with Crippen molar-refractivity contribution in [1.82, 2.24) is 10.6 Å². The Morgan fingerprint density at radius 2 is 1.87 bits per heavy atom. The predicted molar refractivity (Wildman–Crippen MR) is 120 cm³/mol. The number of carbonyl (C=O) groups excluding carboxylic acids is 3. The average Bonchev–Trinajstić information content (AvgIpc) is 3.30. The molecule has 9 heteroatoms. The smallest absolute Gasteiger partial charge is 0.339 e. The first kappa shape index (κ1) is 21.9. The highest BCUT2D eigenvalue weighted by molar-refractivity contribution is 8.38. The van der Waals surface area contributed by atoms with E-state index in [0.29, 0.717) is 16.9 Å². The summed E-state index contributed by atoms with van der Waals surface area (Å²) in [4.78, 5) is 41.5. The second kappa shape index (κ2) is 10.8. The molecule has 0 aliphatic carbocycles. The van der Waals surface area contributed by atoms with Crippen LogP contribution in [0.5, 0.6) is 0 Å². The first-order chi connectivity index (χ1) is 14.6. The van der Waals surface area contributed by atoms with Gasteiger partial charge in [-0.2, -0.15) is 0 Å². The molecule has 7 nitrogen and oxygen atoms in total. The van der Waals surface area contributed by atoms with Gasteiger partial charge in [-0.3, -0.25) is 15.1 Å². The van der Waals surface area contributed by atoms with E-state index in [1.54, 1.807) is 66.0 Å². The van der Waals surface area contributed by atoms with Gasteiger partial charge in [0.2, 0.25) is 6.10 Å². The fraction of sp³-hybridized carbons (Fsp3) is 0.238. The van der Waals surface area contributed by atoms with Crippen molar-refractivity contribution in [2.45, 2.75) is 11.9 Å². The Kier molecular flexibility index (Phi) is 7.92. The van der Waals surface area contributed by atoms with Gasteiger partial charge in [-0.15, -0.1) is 0 Å². The fourth-order valence-corrected chi connectivity index (χ4v) is 4.71. The fourth-order valence-electron chi connectivity index (χ4n) is 2.70. The van der Waals surface area contributed by atoms with Gasteiger partial charge in [0, 0.05) is 24.1 Å². The summed E-state index contributed by atoms with van der Waals surface area (Å²) in [5, 5.41) is 4.49. The molecule has 3 amide bonds. The van der Waals surface area contributed by atoms with Crippen LogP contribution in [0.15, 0.2) is 59.6 Å². The van der Waals surface area contributed by atoms with Gasteiger partial charge in [0.25, 0.3) is 5.91 Å². The number of carbonyl (C=O) groups is 3. The SMILES string of the molecule is CNC(=O)NC(=O)C(OC(=O)c1ccccc1CSC1=NCCS1)c1ccccc1. The standard InChI is InChI=1S/C21H21N3O4S2/c1-22-20(27)24-18(25)17(14-7-3-2-4-8-14)28-19(26)16-10-6-5-9-15(16)13-30-21-23-11-12-29-21/h2-10,17H,11-13H2,1H3,(H2,22,24,25,27). The Morgan fingerprint density at radius 1 is 1.13 bits per heavy atom. The molecule has 0 aromatic heterocycles. The Balaban J connectivity index is 1.78. The normalized spacial score (nSPS) is 13.8. The number of nitrogens with one attached hydrogen (secondary N) is 2. The number of thioether (sulfide) groups is 2. The lowest BCUT2D eigenvalue weighted by Gasteiger charge is -2.18. The minimum atomic E-state index is -1.26. The molecule has 1 unspecified atom stereocenters. The zero-order chi connectivity index (χ0) is 21.3. The van der Waals surface area contributed by atoms with Crippen LogP contribution in [0.1, 0.15) is 27.6 Å². The molecule has 1 heterocycles. The van der Waals surface area contributed by atoms with Crippen molar-refractivity contribution in [3.63, 3.8) is 0 Å². The van der Waals surface area contributed by atoms with Crippen LogP contribution < -0.4 is 10.6 Å². The molecule has 156 valence electrons. The molecular formula is C21H21N3O4S2. The first-order valence-electron chi connectivity index (χ1n) is 9.25. The van der Waals surface area contributed by atoms with Crippen molar-refractivity contribution in [2.75, 3.05) is 19.3 Å². The number of aliphatic imine (C=N–C) groups is 1. The molecule has 1 atom stereocenters. The van der Waals surface area contributed by atoms with E-state index in [4.69, 9.17) is 4.74 Å². The van der Waals surface area contributed by atoms with Crippen molar-refractivity contribution in [3.8, 4) is 0 Å². The number of urea groups is 1. The van der Waals surface area contributed by atoms with Crippen LogP contribution >= 0.6 is 23.5 Å². The van der Waals surface area contributed by atoms with Crippen LogP contribution in [0, 0.1) is 0 Å². The van der Waals surface area contributed by atoms with Crippen molar-refractivity contribution in [2.24, 2.45) is 4.99 Å². The molecule has 2 aromatic rings. The number of rotatable bonds is 6. The van der Waals surface area contributed by atoms with Gasteiger partial charge in [0.15, 0.2) is 0 Å². The third-order valence-corrected chi connectivity index (χ3v) is 6.48. The van der Waals surface area contributed by atoms with Crippen LogP contribution in [0.3, 0.4) is 0 Å². The second-order valence-corrected chi connectivity index (χ2v) is 8.51. The highest BCUT2D eigenvalue weighted by Gasteiger charge is 2.27. The largest absolute Gasteiger partial charge is 0.444 e. The Morgan fingerprint density at radius 3 is 2.57 bits per heavy atom. The van der Waals surface area contributed by atoms with Gasteiger partial charge in [0.05, 0.1) is 12.1 Å². The van der Waals surface area contributed by atoms with E-state index in [1.807, 2.05) is 12.1 Å². The second-order valence-electron chi connectivity index (χ2n) is 6.21. The van der Waals surface area contributed by atoms with E-state index >= 15 is 0 Å². The molecule has 30 heavy (non-hydrogen) atoms. The van der Waals surface area contributed by atoms with Crippen molar-refractivity contribution in [3.05, 3.63) is 71.3 Å². The zero-order valence-electron chi connectivity index (χ0n) is 16.3. The van der Waals surface area contributed by atoms with Crippen LogP contribution in [0.2, 0.25) is 0 Å². The lowest BCUT2D eigenvalue weighted by Crippen LogP contribution is -2.41. The van der Waals surface area contributed by atoms with E-state index in [9.17, 15) is 14.4 Å². The lowest BCUT2D eigenvalue weighted by atomic mass is 10.1. The molecule has 0 saturated carbocycles. The Hall–Kier alpha value is -2.78. The van der Waals surface area contributed by atoms with Gasteiger partial charge in [-0.1, -0.05) is 72.1 Å². The Labute approximate surface area is 183 Å². The molecule has 0 fully saturated rings. The van der Waals surface area contributed by atoms with E-state index in [-0.39, 0.29) is 0 Å². The molecule has 0 spiro atoms. The maximum absolute atomic E-state index is 13.0. The highest BCUT2D eigenvalue weighted by Crippen LogP contribution is 2.27. The molecule has 2 N–H and O–H groups in total. The molecule has 2 aromatic carbocycles. The number of hydrogen-bond donors (Lipinski definition) is 2. The summed E-state index contributed by atoms with van der Waals surface area (Å²) >= 11 is 3.28. The minimum Gasteiger partial charge on any atom is -0.444 e. The van der Waals surface area contributed by atoms with Gasteiger partial charge < -0.3 is 10.1 Å². The summed E-state index contributed by atoms with van der Waals surface area (Å²) in [5.41, 5.74) is 1.64. The molecule has 0 bridgehead atoms. The summed E-state index contributed by atoms with van der Waals surface area (Å²) in [6, 6.07) is 15.0.